The van der Waals surface area contributed by atoms with Gasteiger partial charge in [-0.25, -0.2) is 0 Å². The van der Waals surface area contributed by atoms with Gasteiger partial charge >= 0.3 is 5.97 Å². The van der Waals surface area contributed by atoms with Crippen LogP contribution in [0.4, 0.5) is 0 Å². The number of aliphatic carboxylic acids is 1. The first-order valence-electron chi connectivity index (χ1n) is 2.28. The van der Waals surface area contributed by atoms with E-state index in [1.807, 2.05) is 0 Å². The molecule has 0 heterocycles. The van der Waals surface area contributed by atoms with Crippen molar-refractivity contribution in [1.82, 2.24) is 0 Å². The van der Waals surface area contributed by atoms with Gasteiger partial charge in [-0.2, -0.15) is 0 Å². The normalized spacial score (nSPS) is 12.0. The lowest BCUT2D eigenvalue weighted by Crippen LogP contribution is -2.39. The number of nitrogens with two attached hydrogens (primary N) is 2. The third-order valence-electron chi connectivity index (χ3n) is 0.816. The van der Waals surface area contributed by atoms with E-state index in [-0.39, 0.29) is 0 Å². The number of carboxylic acid groups (broad SMARTS) is 1. The van der Waals surface area contributed by atoms with Crippen LogP contribution in [0.15, 0.2) is 0 Å². The Morgan fingerprint density at radius 3 is 1.80 bits per heavy atom. The van der Waals surface area contributed by atoms with Crippen molar-refractivity contribution >= 4 is 29.1 Å². The number of primary amides is 1. The number of hydrogen-bond donors (Lipinski definition) is 3. The van der Waals surface area contributed by atoms with Crippen molar-refractivity contribution in [2.45, 2.75) is 0 Å². The van der Waals surface area contributed by atoms with E-state index >= 15 is 0 Å². The maximum absolute atomic E-state index is 10.3. The molecule has 0 aliphatic carbocycles. The van der Waals surface area contributed by atoms with Crippen molar-refractivity contribution in [3.63, 3.8) is 0 Å². The monoisotopic (exact) mass is 162 g/mol. The summed E-state index contributed by atoms with van der Waals surface area (Å²) in [4.78, 5) is 20.0. The standard InChI is InChI=1S/C4H6N2O3S/c5-2(7)1(3(6)10)4(8)9/h1H,(H2,5,7)(H2,6,10)(H,8,9). The molecule has 1 atom stereocenters. The molecule has 5 N–H and O–H groups in total. The summed E-state index contributed by atoms with van der Waals surface area (Å²) in [7, 11) is 0. The SMILES string of the molecule is NC(=O)C(C(=O)O)C(N)=S. The second-order valence-corrected chi connectivity index (χ2v) is 2.05. The van der Waals surface area contributed by atoms with Crippen molar-refractivity contribution in [3.8, 4) is 0 Å². The zero-order valence-electron chi connectivity index (χ0n) is 4.90. The number of thiocarbonyl (C=S) groups is 1. The molecule has 0 aliphatic heterocycles. The Morgan fingerprint density at radius 2 is 1.80 bits per heavy atom. The first-order chi connectivity index (χ1) is 4.46. The average molecular weight is 162 g/mol. The molecule has 1 amide bonds. The topological polar surface area (TPSA) is 106 Å². The molecule has 10 heavy (non-hydrogen) atoms. The fraction of sp³-hybridized carbons (Fsp3) is 0.250. The highest BCUT2D eigenvalue weighted by Gasteiger charge is 2.26. The minimum atomic E-state index is -1.55. The van der Waals surface area contributed by atoms with E-state index in [2.05, 4.69) is 18.0 Å². The maximum atomic E-state index is 10.3. The van der Waals surface area contributed by atoms with Gasteiger partial charge in [-0.05, 0) is 0 Å². The maximum Gasteiger partial charge on any atom is 0.323 e. The van der Waals surface area contributed by atoms with Crippen LogP contribution in [0.2, 0.25) is 0 Å². The summed E-state index contributed by atoms with van der Waals surface area (Å²) in [5.74, 6) is -4.00. The summed E-state index contributed by atoms with van der Waals surface area (Å²) in [6.07, 6.45) is 0. The molecule has 0 fully saturated rings. The molecular weight excluding hydrogens is 156 g/mol. The number of hydrogen-bond acceptors (Lipinski definition) is 3. The van der Waals surface area contributed by atoms with Gasteiger partial charge in [0.2, 0.25) is 5.91 Å². The molecule has 0 aromatic carbocycles. The summed E-state index contributed by atoms with van der Waals surface area (Å²) in [5.41, 5.74) is 9.54. The summed E-state index contributed by atoms with van der Waals surface area (Å²) in [5, 5.41) is 8.25. The van der Waals surface area contributed by atoms with Crippen LogP contribution < -0.4 is 11.5 Å². The van der Waals surface area contributed by atoms with Crippen LogP contribution in [0, 0.1) is 5.92 Å². The average Bonchev–Trinajstić information content (AvgIpc) is 1.59. The van der Waals surface area contributed by atoms with Gasteiger partial charge in [-0.15, -0.1) is 0 Å². The molecule has 6 heteroatoms. The smallest absolute Gasteiger partial charge is 0.323 e. The number of carbonyl (C=O) groups is 2. The largest absolute Gasteiger partial charge is 0.480 e. The third kappa shape index (κ3) is 1.98. The van der Waals surface area contributed by atoms with Gasteiger partial charge in [-0.3, -0.25) is 9.59 Å². The fourth-order valence-corrected chi connectivity index (χ4v) is 0.601. The molecular formula is C4H6N2O3S. The molecule has 0 bridgehead atoms. The molecule has 0 aromatic heterocycles. The van der Waals surface area contributed by atoms with Crippen molar-refractivity contribution < 1.29 is 14.7 Å². The zero-order chi connectivity index (χ0) is 8.31. The van der Waals surface area contributed by atoms with E-state index in [1.165, 1.54) is 0 Å². The third-order valence-corrected chi connectivity index (χ3v) is 1.05. The molecule has 5 nitrogen and oxygen atoms in total. The minimum absolute atomic E-state index is 0.417. The Balaban J connectivity index is 4.43. The lowest BCUT2D eigenvalue weighted by Gasteiger charge is -2.03. The molecule has 0 spiro atoms. The zero-order valence-corrected chi connectivity index (χ0v) is 5.72. The predicted molar refractivity (Wildman–Crippen MR) is 37.1 cm³/mol. The second kappa shape index (κ2) is 3.11. The van der Waals surface area contributed by atoms with Crippen LogP contribution in [-0.2, 0) is 9.59 Å². The molecule has 56 valence electrons. The van der Waals surface area contributed by atoms with E-state index < -0.39 is 22.8 Å². The van der Waals surface area contributed by atoms with Gasteiger partial charge in [0.15, 0.2) is 5.92 Å². The number of carboxylic acids is 1. The van der Waals surface area contributed by atoms with Gasteiger partial charge in [0.05, 0.1) is 4.99 Å². The van der Waals surface area contributed by atoms with Crippen LogP contribution in [0.25, 0.3) is 0 Å². The van der Waals surface area contributed by atoms with Crippen LogP contribution >= 0.6 is 12.2 Å². The predicted octanol–water partition coefficient (Wildman–Crippen LogP) is -1.54. The highest BCUT2D eigenvalue weighted by atomic mass is 32.1. The molecule has 0 saturated carbocycles. The van der Waals surface area contributed by atoms with Crippen LogP contribution in [-0.4, -0.2) is 22.0 Å². The highest BCUT2D eigenvalue weighted by Crippen LogP contribution is 1.94. The summed E-state index contributed by atoms with van der Waals surface area (Å²) in [6.45, 7) is 0. The number of carbonyl (C=O) groups excluding carboxylic acids is 1. The van der Waals surface area contributed by atoms with Gasteiger partial charge in [0, 0.05) is 0 Å². The van der Waals surface area contributed by atoms with Crippen LogP contribution in [0.3, 0.4) is 0 Å². The van der Waals surface area contributed by atoms with Gasteiger partial charge in [0.25, 0.3) is 0 Å². The minimum Gasteiger partial charge on any atom is -0.480 e. The van der Waals surface area contributed by atoms with Crippen molar-refractivity contribution in [3.05, 3.63) is 0 Å². The lowest BCUT2D eigenvalue weighted by atomic mass is 10.1. The van der Waals surface area contributed by atoms with E-state index in [0.29, 0.717) is 0 Å². The fourth-order valence-electron chi connectivity index (χ4n) is 0.384. The number of amides is 1. The molecule has 0 aromatic rings. The number of rotatable bonds is 3. The van der Waals surface area contributed by atoms with Crippen molar-refractivity contribution in [2.24, 2.45) is 17.4 Å². The second-order valence-electron chi connectivity index (χ2n) is 1.58. The van der Waals surface area contributed by atoms with Crippen LogP contribution in [0.5, 0.6) is 0 Å². The van der Waals surface area contributed by atoms with Crippen molar-refractivity contribution in [2.75, 3.05) is 0 Å². The van der Waals surface area contributed by atoms with E-state index in [9.17, 15) is 9.59 Å². The van der Waals surface area contributed by atoms with E-state index in [0.717, 1.165) is 0 Å². The molecule has 0 radical (unpaired) electrons. The van der Waals surface area contributed by atoms with Gasteiger partial charge in [-0.1, -0.05) is 12.2 Å². The Kier molecular flexibility index (Phi) is 2.75. The molecule has 0 rings (SSSR count). The molecule has 0 aliphatic rings. The highest BCUT2D eigenvalue weighted by molar-refractivity contribution is 7.80. The Labute approximate surface area is 62.0 Å². The molecule has 0 saturated heterocycles. The van der Waals surface area contributed by atoms with Crippen molar-refractivity contribution in [1.29, 1.82) is 0 Å². The van der Waals surface area contributed by atoms with Gasteiger partial charge < -0.3 is 16.6 Å². The van der Waals surface area contributed by atoms with E-state index in [1.54, 1.807) is 0 Å². The van der Waals surface area contributed by atoms with Crippen LogP contribution in [0.1, 0.15) is 0 Å². The summed E-state index contributed by atoms with van der Waals surface area (Å²) < 4.78 is 0. The van der Waals surface area contributed by atoms with E-state index in [4.69, 9.17) is 10.8 Å². The van der Waals surface area contributed by atoms with Gasteiger partial charge in [0.1, 0.15) is 0 Å². The Hall–Kier alpha value is -1.17. The molecule has 1 unspecified atom stereocenters. The Bertz CT molecular complexity index is 158. The quantitative estimate of drug-likeness (QED) is 0.344. The first kappa shape index (κ1) is 8.83. The summed E-state index contributed by atoms with van der Waals surface area (Å²) in [6, 6.07) is 0. The Morgan fingerprint density at radius 1 is 1.40 bits per heavy atom. The first-order valence-corrected chi connectivity index (χ1v) is 2.69. The lowest BCUT2D eigenvalue weighted by molar-refractivity contribution is -0.142. The summed E-state index contributed by atoms with van der Waals surface area (Å²) >= 11 is 4.27.